The third-order valence-electron chi connectivity index (χ3n) is 2.48. The summed E-state index contributed by atoms with van der Waals surface area (Å²) in [6, 6.07) is 9.15. The van der Waals surface area contributed by atoms with E-state index in [1.54, 1.807) is 12.3 Å². The van der Waals surface area contributed by atoms with Gasteiger partial charge in [-0.25, -0.2) is 0 Å². The first-order valence-electron chi connectivity index (χ1n) is 5.37. The van der Waals surface area contributed by atoms with Gasteiger partial charge in [0.2, 0.25) is 0 Å². The van der Waals surface area contributed by atoms with Crippen LogP contribution in [0.5, 0.6) is 5.75 Å². The number of hydrogen-bond acceptors (Lipinski definition) is 3. The van der Waals surface area contributed by atoms with Gasteiger partial charge in [0, 0.05) is 11.6 Å². The summed E-state index contributed by atoms with van der Waals surface area (Å²) in [6.07, 6.45) is 1.33. The molecule has 0 bridgehead atoms. The van der Waals surface area contributed by atoms with Crippen molar-refractivity contribution >= 4 is 11.6 Å². The lowest BCUT2D eigenvalue weighted by Crippen LogP contribution is -2.18. The zero-order valence-corrected chi connectivity index (χ0v) is 10.3. The molecule has 2 aromatic rings. The SMILES string of the molecule is Cc1cc(Cl)ccc1OC(CN)c1ccco1. The lowest BCUT2D eigenvalue weighted by Gasteiger charge is -2.16. The van der Waals surface area contributed by atoms with Gasteiger partial charge in [0.1, 0.15) is 11.5 Å². The van der Waals surface area contributed by atoms with Gasteiger partial charge < -0.3 is 14.9 Å². The second kappa shape index (κ2) is 5.25. The number of benzene rings is 1. The van der Waals surface area contributed by atoms with Crippen molar-refractivity contribution in [2.75, 3.05) is 6.54 Å². The van der Waals surface area contributed by atoms with E-state index in [2.05, 4.69) is 0 Å². The van der Waals surface area contributed by atoms with E-state index in [0.29, 0.717) is 11.6 Å². The summed E-state index contributed by atoms with van der Waals surface area (Å²) in [5.41, 5.74) is 6.66. The first-order chi connectivity index (χ1) is 8.20. The standard InChI is InChI=1S/C13H14ClNO2/c1-9-7-10(14)4-5-11(9)17-13(8-15)12-3-2-6-16-12/h2-7,13H,8,15H2,1H3. The normalized spacial score (nSPS) is 12.4. The van der Waals surface area contributed by atoms with Crippen molar-refractivity contribution in [2.45, 2.75) is 13.0 Å². The minimum atomic E-state index is -0.273. The van der Waals surface area contributed by atoms with Crippen molar-refractivity contribution in [1.29, 1.82) is 0 Å². The van der Waals surface area contributed by atoms with Crippen LogP contribution in [0.2, 0.25) is 5.02 Å². The Morgan fingerprint density at radius 3 is 2.82 bits per heavy atom. The van der Waals surface area contributed by atoms with Gasteiger partial charge in [0.15, 0.2) is 6.10 Å². The number of furan rings is 1. The molecule has 1 unspecified atom stereocenters. The van der Waals surface area contributed by atoms with Crippen molar-refractivity contribution in [2.24, 2.45) is 5.73 Å². The molecular weight excluding hydrogens is 238 g/mol. The summed E-state index contributed by atoms with van der Waals surface area (Å²) in [7, 11) is 0. The van der Waals surface area contributed by atoms with Crippen LogP contribution in [0.4, 0.5) is 0 Å². The first-order valence-corrected chi connectivity index (χ1v) is 5.75. The Morgan fingerprint density at radius 1 is 1.41 bits per heavy atom. The van der Waals surface area contributed by atoms with Gasteiger partial charge in [-0.2, -0.15) is 0 Å². The van der Waals surface area contributed by atoms with Crippen LogP contribution in [0.3, 0.4) is 0 Å². The van der Waals surface area contributed by atoms with Crippen molar-refractivity contribution in [1.82, 2.24) is 0 Å². The molecule has 1 aromatic carbocycles. The number of hydrogen-bond donors (Lipinski definition) is 1. The first kappa shape index (κ1) is 12.0. The zero-order valence-electron chi connectivity index (χ0n) is 9.52. The molecule has 1 aromatic heterocycles. The third kappa shape index (κ3) is 2.81. The molecule has 1 atom stereocenters. The van der Waals surface area contributed by atoms with E-state index >= 15 is 0 Å². The van der Waals surface area contributed by atoms with Crippen molar-refractivity contribution in [3.63, 3.8) is 0 Å². The molecule has 0 aliphatic rings. The summed E-state index contributed by atoms with van der Waals surface area (Å²) in [5, 5.41) is 0.692. The second-order valence-corrected chi connectivity index (χ2v) is 4.20. The van der Waals surface area contributed by atoms with Crippen LogP contribution in [0.25, 0.3) is 0 Å². The summed E-state index contributed by atoms with van der Waals surface area (Å²) >= 11 is 5.89. The largest absolute Gasteiger partial charge is 0.481 e. The van der Waals surface area contributed by atoms with Crippen LogP contribution in [0.15, 0.2) is 41.0 Å². The molecule has 2 N–H and O–H groups in total. The molecule has 2 rings (SSSR count). The van der Waals surface area contributed by atoms with E-state index in [4.69, 9.17) is 26.5 Å². The molecule has 0 amide bonds. The molecule has 0 saturated carbocycles. The fourth-order valence-electron chi connectivity index (χ4n) is 1.60. The van der Waals surface area contributed by atoms with Gasteiger partial charge in [-0.3, -0.25) is 0 Å². The summed E-state index contributed by atoms with van der Waals surface area (Å²) in [5.74, 6) is 1.49. The molecule has 90 valence electrons. The minimum Gasteiger partial charge on any atom is -0.481 e. The van der Waals surface area contributed by atoms with Gasteiger partial charge in [-0.1, -0.05) is 11.6 Å². The van der Waals surface area contributed by atoms with Crippen LogP contribution in [-0.2, 0) is 0 Å². The van der Waals surface area contributed by atoms with E-state index in [0.717, 1.165) is 17.1 Å². The predicted molar refractivity (Wildman–Crippen MR) is 67.3 cm³/mol. The zero-order chi connectivity index (χ0) is 12.3. The van der Waals surface area contributed by atoms with Crippen LogP contribution >= 0.6 is 11.6 Å². The average molecular weight is 252 g/mol. The van der Waals surface area contributed by atoms with Gasteiger partial charge in [0.25, 0.3) is 0 Å². The van der Waals surface area contributed by atoms with Crippen LogP contribution in [0.1, 0.15) is 17.4 Å². The maximum absolute atomic E-state index is 5.89. The fraction of sp³-hybridized carbons (Fsp3) is 0.231. The maximum Gasteiger partial charge on any atom is 0.168 e. The predicted octanol–water partition coefficient (Wildman–Crippen LogP) is 3.32. The number of rotatable bonds is 4. The molecule has 0 saturated heterocycles. The smallest absolute Gasteiger partial charge is 0.168 e. The molecule has 17 heavy (non-hydrogen) atoms. The molecule has 0 aliphatic heterocycles. The van der Waals surface area contributed by atoms with Gasteiger partial charge in [-0.05, 0) is 42.8 Å². The molecule has 0 radical (unpaired) electrons. The van der Waals surface area contributed by atoms with E-state index < -0.39 is 0 Å². The number of aryl methyl sites for hydroxylation is 1. The second-order valence-electron chi connectivity index (χ2n) is 3.77. The molecule has 4 heteroatoms. The quantitative estimate of drug-likeness (QED) is 0.907. The van der Waals surface area contributed by atoms with Crippen molar-refractivity contribution < 1.29 is 9.15 Å². The molecule has 0 fully saturated rings. The Kier molecular flexibility index (Phi) is 3.71. The highest BCUT2D eigenvalue weighted by atomic mass is 35.5. The Balaban J connectivity index is 2.19. The summed E-state index contributed by atoms with van der Waals surface area (Å²) in [6.45, 7) is 2.30. The Bertz CT molecular complexity index is 482. The lowest BCUT2D eigenvalue weighted by molar-refractivity contribution is 0.183. The highest BCUT2D eigenvalue weighted by Crippen LogP contribution is 2.27. The molecule has 3 nitrogen and oxygen atoms in total. The Labute approximate surface area is 105 Å². The Morgan fingerprint density at radius 2 is 2.24 bits per heavy atom. The summed E-state index contributed by atoms with van der Waals surface area (Å²) in [4.78, 5) is 0. The van der Waals surface area contributed by atoms with Gasteiger partial charge in [-0.15, -0.1) is 0 Å². The lowest BCUT2D eigenvalue weighted by atomic mass is 10.2. The van der Waals surface area contributed by atoms with Crippen LogP contribution in [-0.4, -0.2) is 6.54 Å². The third-order valence-corrected chi connectivity index (χ3v) is 2.72. The van der Waals surface area contributed by atoms with Crippen molar-refractivity contribution in [3.05, 3.63) is 52.9 Å². The fourth-order valence-corrected chi connectivity index (χ4v) is 1.82. The average Bonchev–Trinajstić information content (AvgIpc) is 2.81. The molecule has 0 aliphatic carbocycles. The van der Waals surface area contributed by atoms with Crippen molar-refractivity contribution in [3.8, 4) is 5.75 Å². The summed E-state index contributed by atoms with van der Waals surface area (Å²) < 4.78 is 11.1. The van der Waals surface area contributed by atoms with Gasteiger partial charge in [0.05, 0.1) is 6.26 Å². The highest BCUT2D eigenvalue weighted by molar-refractivity contribution is 6.30. The van der Waals surface area contributed by atoms with E-state index in [-0.39, 0.29) is 6.10 Å². The number of halogens is 1. The monoisotopic (exact) mass is 251 g/mol. The number of ether oxygens (including phenoxy) is 1. The van der Waals surface area contributed by atoms with E-state index in [9.17, 15) is 0 Å². The van der Waals surface area contributed by atoms with E-state index in [1.807, 2.05) is 31.2 Å². The Hall–Kier alpha value is -1.45. The topological polar surface area (TPSA) is 48.4 Å². The molecular formula is C13H14ClNO2. The maximum atomic E-state index is 5.89. The van der Waals surface area contributed by atoms with Crippen LogP contribution < -0.4 is 10.5 Å². The van der Waals surface area contributed by atoms with Gasteiger partial charge >= 0.3 is 0 Å². The molecule has 1 heterocycles. The number of nitrogens with two attached hydrogens (primary N) is 1. The highest BCUT2D eigenvalue weighted by Gasteiger charge is 2.15. The molecule has 0 spiro atoms. The van der Waals surface area contributed by atoms with Crippen LogP contribution in [0, 0.1) is 6.92 Å². The minimum absolute atomic E-state index is 0.273. The van der Waals surface area contributed by atoms with E-state index in [1.165, 1.54) is 0 Å².